The van der Waals surface area contributed by atoms with Crippen molar-refractivity contribution in [2.45, 2.75) is 26.7 Å². The number of hydrogen-bond donors (Lipinski definition) is 0. The fraction of sp³-hybridized carbons (Fsp3) is 0.444. The molecule has 2 heteroatoms. The van der Waals surface area contributed by atoms with Crippen LogP contribution in [0, 0.1) is 0 Å². The summed E-state index contributed by atoms with van der Waals surface area (Å²) < 4.78 is 0. The molecule has 0 radical (unpaired) electrons. The summed E-state index contributed by atoms with van der Waals surface area (Å²) in [6.07, 6.45) is 6.20. The molecule has 1 rings (SSSR count). The lowest BCUT2D eigenvalue weighted by molar-refractivity contribution is 1.03. The van der Waals surface area contributed by atoms with Crippen molar-refractivity contribution in [1.29, 1.82) is 0 Å². The highest BCUT2D eigenvalue weighted by molar-refractivity contribution is 6.30. The molecule has 1 aliphatic heterocycles. The van der Waals surface area contributed by atoms with Gasteiger partial charge in [-0.1, -0.05) is 17.7 Å². The van der Waals surface area contributed by atoms with Gasteiger partial charge in [0, 0.05) is 5.71 Å². The Labute approximate surface area is 72.5 Å². The van der Waals surface area contributed by atoms with E-state index in [4.69, 9.17) is 11.6 Å². The van der Waals surface area contributed by atoms with E-state index in [2.05, 4.69) is 18.0 Å². The topological polar surface area (TPSA) is 12.4 Å². The van der Waals surface area contributed by atoms with Crippen LogP contribution < -0.4 is 0 Å². The monoisotopic (exact) mass is 169 g/mol. The lowest BCUT2D eigenvalue weighted by atomic mass is 10.1. The molecule has 60 valence electrons. The van der Waals surface area contributed by atoms with Gasteiger partial charge < -0.3 is 0 Å². The fourth-order valence-corrected chi connectivity index (χ4v) is 1.18. The summed E-state index contributed by atoms with van der Waals surface area (Å²) in [6.45, 7) is 4.04. The van der Waals surface area contributed by atoms with Crippen molar-refractivity contribution in [1.82, 2.24) is 0 Å². The number of halogens is 1. The molecule has 0 aromatic carbocycles. The van der Waals surface area contributed by atoms with Gasteiger partial charge in [0.1, 0.15) is 5.16 Å². The molecular weight excluding hydrogens is 158 g/mol. The molecule has 0 spiro atoms. The Morgan fingerprint density at radius 3 is 2.64 bits per heavy atom. The molecule has 0 saturated heterocycles. The first-order valence-corrected chi connectivity index (χ1v) is 4.16. The highest BCUT2D eigenvalue weighted by atomic mass is 35.5. The Bertz CT molecular complexity index is 236. The standard InChI is InChI=1S/C9H12ClN/c1-7-5-3-4-6-9(10)11-8(7)2/h5-6H,3-4H2,1-2H3. The van der Waals surface area contributed by atoms with Crippen molar-refractivity contribution in [3.8, 4) is 0 Å². The van der Waals surface area contributed by atoms with Gasteiger partial charge in [0.2, 0.25) is 0 Å². The lowest BCUT2D eigenvalue weighted by Gasteiger charge is -2.03. The first kappa shape index (κ1) is 8.54. The van der Waals surface area contributed by atoms with Crippen LogP contribution in [0.15, 0.2) is 27.9 Å². The van der Waals surface area contributed by atoms with E-state index in [-0.39, 0.29) is 0 Å². The second kappa shape index (κ2) is 3.72. The van der Waals surface area contributed by atoms with E-state index in [0.29, 0.717) is 5.16 Å². The van der Waals surface area contributed by atoms with Gasteiger partial charge in [-0.15, -0.1) is 0 Å². The van der Waals surface area contributed by atoms with E-state index in [1.807, 2.05) is 13.0 Å². The Morgan fingerprint density at radius 1 is 1.27 bits per heavy atom. The molecule has 0 aliphatic carbocycles. The zero-order valence-electron chi connectivity index (χ0n) is 6.89. The van der Waals surface area contributed by atoms with Crippen LogP contribution in [0.4, 0.5) is 0 Å². The van der Waals surface area contributed by atoms with E-state index >= 15 is 0 Å². The van der Waals surface area contributed by atoms with Gasteiger partial charge in [-0.05, 0) is 38.3 Å². The van der Waals surface area contributed by atoms with Crippen molar-refractivity contribution in [3.05, 3.63) is 22.9 Å². The summed E-state index contributed by atoms with van der Waals surface area (Å²) in [6, 6.07) is 0. The van der Waals surface area contributed by atoms with Crippen molar-refractivity contribution >= 4 is 17.3 Å². The number of allylic oxidation sites excluding steroid dienone is 3. The molecule has 0 atom stereocenters. The van der Waals surface area contributed by atoms with Crippen LogP contribution in [-0.4, -0.2) is 5.71 Å². The first-order valence-electron chi connectivity index (χ1n) is 3.78. The number of aliphatic imine (C=N–C) groups is 1. The third-order valence-electron chi connectivity index (χ3n) is 1.78. The predicted molar refractivity (Wildman–Crippen MR) is 50.0 cm³/mol. The van der Waals surface area contributed by atoms with Crippen LogP contribution in [0.3, 0.4) is 0 Å². The highest BCUT2D eigenvalue weighted by Crippen LogP contribution is 2.13. The molecule has 0 aromatic heterocycles. The molecule has 1 nitrogen and oxygen atoms in total. The van der Waals surface area contributed by atoms with Gasteiger partial charge >= 0.3 is 0 Å². The van der Waals surface area contributed by atoms with Crippen LogP contribution in [0.1, 0.15) is 26.7 Å². The minimum atomic E-state index is 0.620. The molecular formula is C9H12ClN. The largest absolute Gasteiger partial charge is 0.242 e. The lowest BCUT2D eigenvalue weighted by Crippen LogP contribution is -1.94. The summed E-state index contributed by atoms with van der Waals surface area (Å²) in [5.74, 6) is 0. The van der Waals surface area contributed by atoms with Gasteiger partial charge in [-0.25, -0.2) is 4.99 Å². The molecule has 0 unspecified atom stereocenters. The summed E-state index contributed by atoms with van der Waals surface area (Å²) in [5, 5.41) is 0.620. The highest BCUT2D eigenvalue weighted by Gasteiger charge is 1.98. The maximum atomic E-state index is 5.80. The van der Waals surface area contributed by atoms with Gasteiger partial charge in [0.15, 0.2) is 0 Å². The van der Waals surface area contributed by atoms with E-state index in [1.165, 1.54) is 5.57 Å². The third-order valence-corrected chi connectivity index (χ3v) is 2.01. The predicted octanol–water partition coefficient (Wildman–Crippen LogP) is 3.27. The van der Waals surface area contributed by atoms with Crippen molar-refractivity contribution in [3.63, 3.8) is 0 Å². The van der Waals surface area contributed by atoms with Crippen LogP contribution >= 0.6 is 11.6 Å². The fourth-order valence-electron chi connectivity index (χ4n) is 0.944. The Kier molecular flexibility index (Phi) is 2.89. The van der Waals surface area contributed by atoms with Gasteiger partial charge in [-0.3, -0.25) is 0 Å². The molecule has 11 heavy (non-hydrogen) atoms. The van der Waals surface area contributed by atoms with E-state index in [0.717, 1.165) is 18.6 Å². The molecule has 0 fully saturated rings. The molecule has 0 amide bonds. The van der Waals surface area contributed by atoms with E-state index < -0.39 is 0 Å². The molecule has 1 heterocycles. The summed E-state index contributed by atoms with van der Waals surface area (Å²) in [7, 11) is 0. The third kappa shape index (κ3) is 2.51. The van der Waals surface area contributed by atoms with Crippen molar-refractivity contribution < 1.29 is 0 Å². The second-order valence-corrected chi connectivity index (χ2v) is 3.08. The van der Waals surface area contributed by atoms with E-state index in [1.54, 1.807) is 0 Å². The number of rotatable bonds is 0. The average molecular weight is 170 g/mol. The van der Waals surface area contributed by atoms with Gasteiger partial charge in [0.05, 0.1) is 0 Å². The Hall–Kier alpha value is -0.560. The summed E-state index contributed by atoms with van der Waals surface area (Å²) in [5.41, 5.74) is 2.25. The maximum Gasteiger partial charge on any atom is 0.125 e. The first-order chi connectivity index (χ1) is 5.20. The van der Waals surface area contributed by atoms with Gasteiger partial charge in [0.25, 0.3) is 0 Å². The summed E-state index contributed by atoms with van der Waals surface area (Å²) >= 11 is 5.80. The minimum absolute atomic E-state index is 0.620. The second-order valence-electron chi connectivity index (χ2n) is 2.69. The average Bonchev–Trinajstić information content (AvgIpc) is 1.95. The molecule has 0 saturated carbocycles. The minimum Gasteiger partial charge on any atom is -0.242 e. The van der Waals surface area contributed by atoms with Crippen LogP contribution in [0.25, 0.3) is 0 Å². The normalized spacial score (nSPS) is 19.4. The van der Waals surface area contributed by atoms with Crippen LogP contribution in [0.2, 0.25) is 0 Å². The molecule has 0 N–H and O–H groups in total. The zero-order chi connectivity index (χ0) is 8.27. The maximum absolute atomic E-state index is 5.80. The van der Waals surface area contributed by atoms with Gasteiger partial charge in [-0.2, -0.15) is 0 Å². The van der Waals surface area contributed by atoms with Crippen molar-refractivity contribution in [2.75, 3.05) is 0 Å². The number of hydrogen-bond acceptors (Lipinski definition) is 1. The molecule has 1 aliphatic rings. The van der Waals surface area contributed by atoms with Crippen LogP contribution in [0.5, 0.6) is 0 Å². The Balaban J connectivity index is 2.91. The van der Waals surface area contributed by atoms with Crippen molar-refractivity contribution in [2.24, 2.45) is 4.99 Å². The number of nitrogens with zero attached hydrogens (tertiary/aromatic N) is 1. The SMILES string of the molecule is CC1=CCCC=C(Cl)N=C1C. The van der Waals surface area contributed by atoms with E-state index in [9.17, 15) is 0 Å². The molecule has 0 bridgehead atoms. The smallest absolute Gasteiger partial charge is 0.125 e. The summed E-state index contributed by atoms with van der Waals surface area (Å²) in [4.78, 5) is 4.19. The Morgan fingerprint density at radius 2 is 1.91 bits per heavy atom. The molecule has 0 aromatic rings. The van der Waals surface area contributed by atoms with Crippen LogP contribution in [-0.2, 0) is 0 Å². The quantitative estimate of drug-likeness (QED) is 0.494. The zero-order valence-corrected chi connectivity index (χ0v) is 7.65.